The summed E-state index contributed by atoms with van der Waals surface area (Å²) in [6.45, 7) is 18.5. The van der Waals surface area contributed by atoms with Crippen molar-refractivity contribution in [3.63, 3.8) is 0 Å². The largest absolute Gasteiger partial charge is 0.481 e. The SMILES string of the molecule is C=C(C)C1(C)C2C(CCC3C4CCC5CC(C(C)(C)C(=O)O)CCC5C4CCC32)CC1(C)C. The molecule has 0 heterocycles. The Bertz CT molecular complexity index is 808. The molecule has 0 radical (unpaired) electrons. The molecular formula is C31H50O2. The first kappa shape index (κ1) is 23.9. The van der Waals surface area contributed by atoms with E-state index in [9.17, 15) is 9.90 Å². The van der Waals surface area contributed by atoms with Crippen molar-refractivity contribution in [1.29, 1.82) is 0 Å². The number of carboxylic acids is 1. The molecule has 5 aliphatic rings. The Labute approximate surface area is 203 Å². The van der Waals surface area contributed by atoms with Gasteiger partial charge in [0.05, 0.1) is 5.41 Å². The maximum atomic E-state index is 11.9. The zero-order valence-corrected chi connectivity index (χ0v) is 22.3. The van der Waals surface area contributed by atoms with E-state index in [4.69, 9.17) is 0 Å². The molecule has 0 aromatic heterocycles. The molecule has 5 fully saturated rings. The maximum absolute atomic E-state index is 11.9. The number of aliphatic carboxylic acids is 1. The molecule has 0 aliphatic heterocycles. The molecule has 0 aromatic rings. The average molecular weight is 455 g/mol. The highest BCUT2D eigenvalue weighted by Gasteiger charge is 2.63. The van der Waals surface area contributed by atoms with Gasteiger partial charge in [-0.05, 0) is 149 Å². The Hall–Kier alpha value is -0.790. The summed E-state index contributed by atoms with van der Waals surface area (Å²) in [6.07, 6.45) is 13.5. The van der Waals surface area contributed by atoms with Crippen LogP contribution in [0.5, 0.6) is 0 Å². The lowest BCUT2D eigenvalue weighted by Crippen LogP contribution is -2.52. The van der Waals surface area contributed by atoms with Crippen LogP contribution >= 0.6 is 0 Å². The smallest absolute Gasteiger partial charge is 0.309 e. The van der Waals surface area contributed by atoms with E-state index < -0.39 is 11.4 Å². The number of allylic oxidation sites excluding steroid dienone is 1. The zero-order valence-electron chi connectivity index (χ0n) is 22.3. The van der Waals surface area contributed by atoms with Crippen LogP contribution in [0.1, 0.15) is 106 Å². The first-order valence-corrected chi connectivity index (χ1v) is 14.3. The first-order valence-electron chi connectivity index (χ1n) is 14.3. The lowest BCUT2D eigenvalue weighted by molar-refractivity contribution is -0.153. The zero-order chi connectivity index (χ0) is 23.9. The predicted octanol–water partition coefficient (Wildman–Crippen LogP) is 8.22. The number of rotatable bonds is 3. The summed E-state index contributed by atoms with van der Waals surface area (Å²) in [5.74, 6) is 6.86. The lowest BCUT2D eigenvalue weighted by atomic mass is 9.46. The molecule has 2 heteroatoms. The van der Waals surface area contributed by atoms with Crippen molar-refractivity contribution in [2.75, 3.05) is 0 Å². The lowest BCUT2D eigenvalue weighted by Gasteiger charge is -2.59. The molecular weight excluding hydrogens is 404 g/mol. The van der Waals surface area contributed by atoms with Crippen molar-refractivity contribution < 1.29 is 9.90 Å². The highest BCUT2D eigenvalue weighted by Crippen LogP contribution is 2.70. The van der Waals surface area contributed by atoms with E-state index in [1.54, 1.807) is 0 Å². The van der Waals surface area contributed by atoms with E-state index in [1.165, 1.54) is 56.9 Å². The van der Waals surface area contributed by atoms with Crippen molar-refractivity contribution in [3.05, 3.63) is 12.2 Å². The van der Waals surface area contributed by atoms with Crippen LogP contribution in [0, 0.1) is 69.5 Å². The second-order valence-electron chi connectivity index (χ2n) is 14.7. The topological polar surface area (TPSA) is 37.3 Å². The van der Waals surface area contributed by atoms with Gasteiger partial charge in [-0.2, -0.15) is 0 Å². The Morgan fingerprint density at radius 1 is 0.818 bits per heavy atom. The number of hydrogen-bond donors (Lipinski definition) is 1. The van der Waals surface area contributed by atoms with Crippen LogP contribution in [-0.4, -0.2) is 11.1 Å². The van der Waals surface area contributed by atoms with E-state index in [0.717, 1.165) is 60.2 Å². The van der Waals surface area contributed by atoms with Gasteiger partial charge in [-0.3, -0.25) is 4.79 Å². The van der Waals surface area contributed by atoms with Crippen LogP contribution in [0.15, 0.2) is 12.2 Å². The Kier molecular flexibility index (Phi) is 5.70. The molecule has 33 heavy (non-hydrogen) atoms. The minimum absolute atomic E-state index is 0.283. The van der Waals surface area contributed by atoms with E-state index in [2.05, 4.69) is 34.3 Å². The molecule has 0 saturated heterocycles. The molecule has 5 aliphatic carbocycles. The Morgan fingerprint density at radius 2 is 1.33 bits per heavy atom. The predicted molar refractivity (Wildman–Crippen MR) is 136 cm³/mol. The van der Waals surface area contributed by atoms with Gasteiger partial charge in [-0.15, -0.1) is 0 Å². The molecule has 0 aromatic carbocycles. The van der Waals surface area contributed by atoms with Crippen molar-refractivity contribution >= 4 is 5.97 Å². The second-order valence-corrected chi connectivity index (χ2v) is 14.7. The standard InChI is InChI=1S/C31H50O2/c1-18(2)31(7)27-20(17-29(31,3)4)9-12-25-24-11-8-19-16-21(30(5,6)28(32)33)10-13-22(19)23(24)14-15-26(25)27/h19-27H,1,8-17H2,2-7H3,(H,32,33). The van der Waals surface area contributed by atoms with Crippen molar-refractivity contribution in [1.82, 2.24) is 0 Å². The molecule has 2 nitrogen and oxygen atoms in total. The minimum Gasteiger partial charge on any atom is -0.481 e. The third kappa shape index (κ3) is 3.35. The van der Waals surface area contributed by atoms with E-state index >= 15 is 0 Å². The average Bonchev–Trinajstić information content (AvgIpc) is 2.98. The van der Waals surface area contributed by atoms with Gasteiger partial charge in [0.15, 0.2) is 0 Å². The Morgan fingerprint density at radius 3 is 1.97 bits per heavy atom. The van der Waals surface area contributed by atoms with Crippen molar-refractivity contribution in [2.24, 2.45) is 69.5 Å². The third-order valence-electron chi connectivity index (χ3n) is 13.1. The molecule has 10 atom stereocenters. The van der Waals surface area contributed by atoms with Crippen LogP contribution in [0.3, 0.4) is 0 Å². The number of hydrogen-bond acceptors (Lipinski definition) is 1. The van der Waals surface area contributed by atoms with Crippen LogP contribution in [0.2, 0.25) is 0 Å². The van der Waals surface area contributed by atoms with E-state index in [0.29, 0.717) is 11.3 Å². The van der Waals surface area contributed by atoms with Crippen LogP contribution in [0.4, 0.5) is 0 Å². The normalized spacial score (nSPS) is 48.7. The van der Waals surface area contributed by atoms with Gasteiger partial charge in [0.2, 0.25) is 0 Å². The van der Waals surface area contributed by atoms with Gasteiger partial charge in [0.25, 0.3) is 0 Å². The molecule has 0 bridgehead atoms. The summed E-state index contributed by atoms with van der Waals surface area (Å²) in [5, 5.41) is 9.79. The molecule has 186 valence electrons. The highest BCUT2D eigenvalue weighted by molar-refractivity contribution is 5.74. The van der Waals surface area contributed by atoms with Crippen molar-refractivity contribution in [2.45, 2.75) is 106 Å². The van der Waals surface area contributed by atoms with E-state index in [1.807, 2.05) is 13.8 Å². The molecule has 10 unspecified atom stereocenters. The van der Waals surface area contributed by atoms with Gasteiger partial charge in [-0.1, -0.05) is 32.9 Å². The maximum Gasteiger partial charge on any atom is 0.309 e. The molecule has 1 N–H and O–H groups in total. The summed E-state index contributed by atoms with van der Waals surface area (Å²) in [5.41, 5.74) is 1.52. The van der Waals surface area contributed by atoms with Gasteiger partial charge in [-0.25, -0.2) is 0 Å². The third-order valence-corrected chi connectivity index (χ3v) is 13.1. The fraction of sp³-hybridized carbons (Fsp3) is 0.903. The quantitative estimate of drug-likeness (QED) is 0.436. The Balaban J connectivity index is 1.35. The van der Waals surface area contributed by atoms with Crippen LogP contribution in [0.25, 0.3) is 0 Å². The fourth-order valence-corrected chi connectivity index (χ4v) is 10.9. The first-order chi connectivity index (χ1) is 15.4. The van der Waals surface area contributed by atoms with Gasteiger partial charge >= 0.3 is 5.97 Å². The molecule has 5 rings (SSSR count). The molecule has 5 saturated carbocycles. The van der Waals surface area contributed by atoms with Gasteiger partial charge in [0.1, 0.15) is 0 Å². The summed E-state index contributed by atoms with van der Waals surface area (Å²) < 4.78 is 0. The van der Waals surface area contributed by atoms with Crippen LogP contribution < -0.4 is 0 Å². The summed E-state index contributed by atoms with van der Waals surface area (Å²) in [4.78, 5) is 11.9. The molecule has 0 spiro atoms. The summed E-state index contributed by atoms with van der Waals surface area (Å²) in [6, 6.07) is 0. The van der Waals surface area contributed by atoms with E-state index in [-0.39, 0.29) is 5.41 Å². The summed E-state index contributed by atoms with van der Waals surface area (Å²) in [7, 11) is 0. The second kappa shape index (κ2) is 7.86. The number of fused-ring (bicyclic) bond motifs is 7. The highest BCUT2D eigenvalue weighted by atomic mass is 16.4. The number of carboxylic acid groups (broad SMARTS) is 1. The van der Waals surface area contributed by atoms with Crippen molar-refractivity contribution in [3.8, 4) is 0 Å². The monoisotopic (exact) mass is 454 g/mol. The minimum atomic E-state index is -0.600. The van der Waals surface area contributed by atoms with Gasteiger partial charge < -0.3 is 5.11 Å². The summed E-state index contributed by atoms with van der Waals surface area (Å²) >= 11 is 0. The number of carbonyl (C=O) groups is 1. The van der Waals surface area contributed by atoms with Gasteiger partial charge in [0, 0.05) is 0 Å². The molecule has 0 amide bonds. The fourth-order valence-electron chi connectivity index (χ4n) is 10.9. The van der Waals surface area contributed by atoms with Crippen LogP contribution in [-0.2, 0) is 4.79 Å².